The van der Waals surface area contributed by atoms with E-state index in [0.717, 1.165) is 38.1 Å². The van der Waals surface area contributed by atoms with Crippen LogP contribution in [0.1, 0.15) is 30.1 Å². The molecule has 1 heterocycles. The number of aliphatic hydroxyl groups is 1. The van der Waals surface area contributed by atoms with Gasteiger partial charge in [0, 0.05) is 6.54 Å². The number of carboxylic acid groups (broad SMARTS) is 1. The van der Waals surface area contributed by atoms with Gasteiger partial charge in [-0.1, -0.05) is 29.8 Å². The van der Waals surface area contributed by atoms with Gasteiger partial charge >= 0.3 is 18.5 Å². The molecule has 0 saturated carbocycles. The third-order valence-electron chi connectivity index (χ3n) is 5.66. The highest BCUT2D eigenvalue weighted by Gasteiger charge is 2.38. The minimum atomic E-state index is -5.08. The predicted molar refractivity (Wildman–Crippen MR) is 131 cm³/mol. The number of aliphatic carboxylic acids is 1. The summed E-state index contributed by atoms with van der Waals surface area (Å²) in [5, 5.41) is 21.4. The Morgan fingerprint density at radius 3 is 2.10 bits per heavy atom. The highest BCUT2D eigenvalue weighted by Crippen LogP contribution is 2.29. The zero-order valence-electron chi connectivity index (χ0n) is 21.1. The van der Waals surface area contributed by atoms with E-state index in [1.807, 2.05) is 0 Å². The molecule has 0 aliphatic carbocycles. The minimum Gasteiger partial charge on any atom is -0.495 e. The van der Waals surface area contributed by atoms with Crippen LogP contribution in [0.3, 0.4) is 0 Å². The van der Waals surface area contributed by atoms with Crippen molar-refractivity contribution in [2.75, 3.05) is 26.7 Å². The molecular formula is C25H27ClF6N2O6. The Balaban J connectivity index is 0.000000708. The first-order valence-electron chi connectivity index (χ1n) is 11.8. The van der Waals surface area contributed by atoms with Crippen molar-refractivity contribution in [1.29, 1.82) is 0 Å². The van der Waals surface area contributed by atoms with Gasteiger partial charge in [-0.25, -0.2) is 4.79 Å². The average Bonchev–Trinajstić information content (AvgIpc) is 3.36. The molecule has 0 spiro atoms. The van der Waals surface area contributed by atoms with E-state index < -0.39 is 30.7 Å². The summed E-state index contributed by atoms with van der Waals surface area (Å²) in [6, 6.07) is 9.46. The number of rotatable bonds is 9. The van der Waals surface area contributed by atoms with Crippen molar-refractivity contribution in [3.63, 3.8) is 0 Å². The van der Waals surface area contributed by atoms with Gasteiger partial charge in [0.05, 0.1) is 24.6 Å². The van der Waals surface area contributed by atoms with Gasteiger partial charge in [-0.3, -0.25) is 4.79 Å². The molecule has 2 aromatic carbocycles. The molecule has 0 radical (unpaired) electrons. The van der Waals surface area contributed by atoms with Crippen molar-refractivity contribution in [1.82, 2.24) is 10.2 Å². The summed E-state index contributed by atoms with van der Waals surface area (Å²) >= 11 is 6.20. The number of carbonyl (C=O) groups is 2. The van der Waals surface area contributed by atoms with Crippen molar-refractivity contribution in [3.05, 3.63) is 58.6 Å². The molecule has 222 valence electrons. The second-order valence-electron chi connectivity index (χ2n) is 8.69. The van der Waals surface area contributed by atoms with Gasteiger partial charge in [0.2, 0.25) is 5.91 Å². The zero-order chi connectivity index (χ0) is 30.1. The van der Waals surface area contributed by atoms with Crippen LogP contribution in [-0.4, -0.2) is 72.3 Å². The third-order valence-corrected chi connectivity index (χ3v) is 5.96. The van der Waals surface area contributed by atoms with Gasteiger partial charge in [-0.2, -0.15) is 13.2 Å². The minimum absolute atomic E-state index is 0.0567. The smallest absolute Gasteiger partial charge is 0.495 e. The molecule has 1 fully saturated rings. The van der Waals surface area contributed by atoms with Gasteiger partial charge < -0.3 is 29.9 Å². The molecule has 0 unspecified atom stereocenters. The van der Waals surface area contributed by atoms with E-state index in [9.17, 15) is 36.2 Å². The summed E-state index contributed by atoms with van der Waals surface area (Å²) in [5.41, 5.74) is 1.06. The number of carboxylic acids is 1. The summed E-state index contributed by atoms with van der Waals surface area (Å²) in [7, 11) is 1.50. The van der Waals surface area contributed by atoms with Gasteiger partial charge in [0.1, 0.15) is 17.6 Å². The highest BCUT2D eigenvalue weighted by molar-refractivity contribution is 6.32. The maximum atomic E-state index is 12.7. The van der Waals surface area contributed by atoms with Gasteiger partial charge in [0.25, 0.3) is 0 Å². The number of ether oxygens (including phenoxy) is 2. The predicted octanol–water partition coefficient (Wildman–Crippen LogP) is 4.74. The summed E-state index contributed by atoms with van der Waals surface area (Å²) in [4.78, 5) is 23.8. The fraction of sp³-hybridized carbons (Fsp3) is 0.440. The lowest BCUT2D eigenvalue weighted by atomic mass is 10.0. The van der Waals surface area contributed by atoms with Crippen molar-refractivity contribution >= 4 is 23.5 Å². The Kier molecular flexibility index (Phi) is 11.9. The van der Waals surface area contributed by atoms with Crippen LogP contribution in [0.25, 0.3) is 0 Å². The normalized spacial score (nSPS) is 15.4. The Hall–Kier alpha value is -3.23. The van der Waals surface area contributed by atoms with E-state index in [1.54, 1.807) is 18.2 Å². The standard InChI is InChI=1S/C23H26ClF3N2O4.C2HF3O2/c1-32-20-9-6-16(13-18(20)24)22(31)19(14-29-10-2-3-11-29)28-21(30)12-15-4-7-17(8-5-15)33-23(25,26)27;3-2(4,5)1(6)7/h4-9,13,19,22,31H,2-3,10-12,14H2,1H3,(H,28,30);(H,6,7)/t19-,22-;/m1./s1. The molecular weight excluding hydrogens is 574 g/mol. The summed E-state index contributed by atoms with van der Waals surface area (Å²) < 4.78 is 77.7. The fourth-order valence-electron chi connectivity index (χ4n) is 3.82. The lowest BCUT2D eigenvalue weighted by molar-refractivity contribution is -0.274. The van der Waals surface area contributed by atoms with Crippen molar-refractivity contribution < 1.29 is 55.6 Å². The first-order valence-corrected chi connectivity index (χ1v) is 12.1. The summed E-state index contributed by atoms with van der Waals surface area (Å²) in [6.45, 7) is 2.21. The second kappa shape index (κ2) is 14.4. The topological polar surface area (TPSA) is 108 Å². The van der Waals surface area contributed by atoms with E-state index in [-0.39, 0.29) is 18.1 Å². The van der Waals surface area contributed by atoms with Crippen LogP contribution < -0.4 is 14.8 Å². The van der Waals surface area contributed by atoms with E-state index in [4.69, 9.17) is 26.2 Å². The number of nitrogens with one attached hydrogen (secondary N) is 1. The van der Waals surface area contributed by atoms with Gasteiger partial charge in [-0.05, 0) is 61.3 Å². The zero-order valence-corrected chi connectivity index (χ0v) is 21.8. The van der Waals surface area contributed by atoms with E-state index >= 15 is 0 Å². The number of aliphatic hydroxyl groups excluding tert-OH is 1. The first kappa shape index (κ1) is 33.0. The molecule has 3 N–H and O–H groups in total. The average molecular weight is 601 g/mol. The Morgan fingerprint density at radius 1 is 1.05 bits per heavy atom. The number of likely N-dealkylation sites (tertiary alicyclic amines) is 1. The molecule has 15 heteroatoms. The molecule has 0 aromatic heterocycles. The maximum absolute atomic E-state index is 12.7. The number of nitrogens with zero attached hydrogens (tertiary/aromatic N) is 1. The number of halogens is 7. The number of benzene rings is 2. The van der Waals surface area contributed by atoms with Crippen LogP contribution in [-0.2, 0) is 16.0 Å². The lowest BCUT2D eigenvalue weighted by Crippen LogP contribution is -2.47. The number of carbonyl (C=O) groups excluding carboxylic acids is 1. The fourth-order valence-corrected chi connectivity index (χ4v) is 4.09. The van der Waals surface area contributed by atoms with Crippen LogP contribution in [0.15, 0.2) is 42.5 Å². The monoisotopic (exact) mass is 600 g/mol. The largest absolute Gasteiger partial charge is 0.573 e. The first-order chi connectivity index (χ1) is 18.6. The summed E-state index contributed by atoms with van der Waals surface area (Å²) in [6.07, 6.45) is -8.82. The third kappa shape index (κ3) is 11.1. The molecule has 8 nitrogen and oxygen atoms in total. The van der Waals surface area contributed by atoms with Crippen molar-refractivity contribution in [3.8, 4) is 11.5 Å². The number of hydrogen-bond donors (Lipinski definition) is 3. The SMILES string of the molecule is COc1ccc([C@@H](O)[C@@H](CN2CCCC2)NC(=O)Cc2ccc(OC(F)(F)F)cc2)cc1Cl.O=C(O)C(F)(F)F. The second-order valence-corrected chi connectivity index (χ2v) is 9.10. The molecule has 1 amide bonds. The molecule has 40 heavy (non-hydrogen) atoms. The Bertz CT molecular complexity index is 1120. The van der Waals surface area contributed by atoms with E-state index in [1.165, 1.54) is 19.2 Å². The maximum Gasteiger partial charge on any atom is 0.573 e. The number of amides is 1. The molecule has 1 aliphatic rings. The molecule has 1 saturated heterocycles. The number of alkyl halides is 6. The quantitative estimate of drug-likeness (QED) is 0.357. The van der Waals surface area contributed by atoms with Crippen LogP contribution >= 0.6 is 11.6 Å². The Labute approximate surface area is 230 Å². The van der Waals surface area contributed by atoms with Gasteiger partial charge in [0.15, 0.2) is 0 Å². The van der Waals surface area contributed by atoms with Crippen LogP contribution in [0.2, 0.25) is 5.02 Å². The Morgan fingerprint density at radius 2 is 1.62 bits per heavy atom. The number of methoxy groups -OCH3 is 1. The lowest BCUT2D eigenvalue weighted by Gasteiger charge is -2.29. The number of hydrogen-bond acceptors (Lipinski definition) is 6. The van der Waals surface area contributed by atoms with Gasteiger partial charge in [-0.15, -0.1) is 13.2 Å². The molecule has 3 rings (SSSR count). The van der Waals surface area contributed by atoms with Crippen LogP contribution in [0.5, 0.6) is 11.5 Å². The summed E-state index contributed by atoms with van der Waals surface area (Å²) in [5.74, 6) is -2.99. The molecule has 1 aliphatic heterocycles. The molecule has 2 atom stereocenters. The van der Waals surface area contributed by atoms with E-state index in [0.29, 0.717) is 28.4 Å². The van der Waals surface area contributed by atoms with Crippen LogP contribution in [0, 0.1) is 0 Å². The molecule has 2 aromatic rings. The van der Waals surface area contributed by atoms with Crippen molar-refractivity contribution in [2.45, 2.75) is 43.9 Å². The van der Waals surface area contributed by atoms with Crippen LogP contribution in [0.4, 0.5) is 26.3 Å². The van der Waals surface area contributed by atoms with Crippen molar-refractivity contribution in [2.24, 2.45) is 0 Å². The highest BCUT2D eigenvalue weighted by atomic mass is 35.5. The van der Waals surface area contributed by atoms with E-state index in [2.05, 4.69) is 15.0 Å². The molecule has 0 bridgehead atoms.